The SMILES string of the molecule is C[S@](=O)(=NS(=O)(=O)Cl)c1ccc(Cl)cc1. The molecule has 0 saturated carbocycles. The van der Waals surface area contributed by atoms with Gasteiger partial charge in [-0.2, -0.15) is 8.42 Å². The molecule has 0 saturated heterocycles. The minimum absolute atomic E-state index is 0.260. The zero-order valence-corrected chi connectivity index (χ0v) is 10.7. The fourth-order valence-electron chi connectivity index (χ4n) is 0.900. The minimum atomic E-state index is -4.15. The van der Waals surface area contributed by atoms with E-state index in [0.717, 1.165) is 0 Å². The predicted molar refractivity (Wildman–Crippen MR) is 61.0 cm³/mol. The molecule has 0 amide bonds. The molecule has 0 radical (unpaired) electrons. The van der Waals surface area contributed by atoms with E-state index in [9.17, 15) is 12.6 Å². The Bertz CT molecular complexity index is 571. The summed E-state index contributed by atoms with van der Waals surface area (Å²) in [5.74, 6) is 0. The normalized spacial score (nSPS) is 15.7. The van der Waals surface area contributed by atoms with E-state index in [1.54, 1.807) is 0 Å². The van der Waals surface area contributed by atoms with Gasteiger partial charge in [0.1, 0.15) is 0 Å². The van der Waals surface area contributed by atoms with Crippen LogP contribution in [0.5, 0.6) is 0 Å². The van der Waals surface area contributed by atoms with Gasteiger partial charge < -0.3 is 0 Å². The summed E-state index contributed by atoms with van der Waals surface area (Å²) in [6.45, 7) is 0. The second-order valence-corrected chi connectivity index (χ2v) is 7.85. The van der Waals surface area contributed by atoms with Gasteiger partial charge in [-0.15, -0.1) is 0 Å². The molecule has 0 aliphatic heterocycles. The lowest BCUT2D eigenvalue weighted by atomic mass is 10.4. The molecule has 0 unspecified atom stereocenters. The summed E-state index contributed by atoms with van der Waals surface area (Å²) in [6.07, 6.45) is 1.19. The Kier molecular flexibility index (Phi) is 3.65. The Hall–Kier alpha value is -0.300. The first kappa shape index (κ1) is 12.8. The lowest BCUT2D eigenvalue weighted by molar-refractivity contribution is 0.611. The van der Waals surface area contributed by atoms with Crippen LogP contribution in [0.4, 0.5) is 0 Å². The molecular formula is C7H7Cl2NO3S2. The largest absolute Gasteiger partial charge is 0.347 e. The van der Waals surface area contributed by atoms with Gasteiger partial charge >= 0.3 is 9.24 Å². The van der Waals surface area contributed by atoms with Crippen molar-refractivity contribution in [1.82, 2.24) is 0 Å². The molecule has 0 N–H and O–H groups in total. The molecule has 0 fully saturated rings. The van der Waals surface area contributed by atoms with E-state index in [-0.39, 0.29) is 4.90 Å². The lowest BCUT2D eigenvalue weighted by Gasteiger charge is -2.02. The van der Waals surface area contributed by atoms with Gasteiger partial charge in [-0.1, -0.05) is 15.4 Å². The maximum absolute atomic E-state index is 11.8. The van der Waals surface area contributed by atoms with Crippen LogP contribution in [-0.2, 0) is 19.0 Å². The van der Waals surface area contributed by atoms with E-state index >= 15 is 0 Å². The molecule has 0 bridgehead atoms. The molecule has 0 aliphatic rings. The second-order valence-electron chi connectivity index (χ2n) is 2.74. The first-order valence-electron chi connectivity index (χ1n) is 3.64. The fraction of sp³-hybridized carbons (Fsp3) is 0.143. The summed E-state index contributed by atoms with van der Waals surface area (Å²) in [5.41, 5.74) is 0. The van der Waals surface area contributed by atoms with Crippen LogP contribution in [0.3, 0.4) is 0 Å². The average Bonchev–Trinajstić information content (AvgIpc) is 2.00. The Morgan fingerprint density at radius 1 is 1.13 bits per heavy atom. The van der Waals surface area contributed by atoms with Gasteiger partial charge in [0.05, 0.1) is 9.73 Å². The zero-order chi connectivity index (χ0) is 11.7. The number of nitrogens with zero attached hydrogens (tertiary/aromatic N) is 1. The van der Waals surface area contributed by atoms with Crippen molar-refractivity contribution < 1.29 is 12.6 Å². The monoisotopic (exact) mass is 287 g/mol. The third-order valence-corrected chi connectivity index (χ3v) is 5.24. The van der Waals surface area contributed by atoms with E-state index in [0.29, 0.717) is 5.02 Å². The van der Waals surface area contributed by atoms with E-state index in [4.69, 9.17) is 22.3 Å². The molecule has 15 heavy (non-hydrogen) atoms. The number of benzene rings is 1. The van der Waals surface area contributed by atoms with Gasteiger partial charge in [0, 0.05) is 26.9 Å². The third kappa shape index (κ3) is 3.98. The van der Waals surface area contributed by atoms with Crippen LogP contribution in [0.1, 0.15) is 0 Å². The van der Waals surface area contributed by atoms with Crippen LogP contribution >= 0.6 is 22.3 Å². The molecule has 1 aromatic carbocycles. The third-order valence-electron chi connectivity index (χ3n) is 1.48. The standard InChI is InChI=1S/C7H7Cl2NO3S2/c1-14(11,10-15(9,12)13)7-4-2-6(8)3-5-7/h2-5H,1H3/t14-/m1/s1. The Morgan fingerprint density at radius 2 is 1.60 bits per heavy atom. The van der Waals surface area contributed by atoms with Crippen molar-refractivity contribution in [2.75, 3.05) is 6.26 Å². The van der Waals surface area contributed by atoms with Gasteiger partial charge in [-0.05, 0) is 24.3 Å². The molecule has 4 nitrogen and oxygen atoms in total. The van der Waals surface area contributed by atoms with Crippen LogP contribution < -0.4 is 0 Å². The molecule has 1 rings (SSSR count). The van der Waals surface area contributed by atoms with E-state index < -0.39 is 19.0 Å². The maximum atomic E-state index is 11.8. The van der Waals surface area contributed by atoms with Gasteiger partial charge in [0.25, 0.3) is 0 Å². The molecule has 0 aliphatic carbocycles. The number of rotatable bonds is 2. The highest BCUT2D eigenvalue weighted by Crippen LogP contribution is 2.17. The van der Waals surface area contributed by atoms with Crippen molar-refractivity contribution >= 4 is 41.2 Å². The highest BCUT2D eigenvalue weighted by atomic mass is 35.7. The van der Waals surface area contributed by atoms with Gasteiger partial charge in [0.2, 0.25) is 0 Å². The summed E-state index contributed by atoms with van der Waals surface area (Å²) in [6, 6.07) is 5.87. The number of hydrogen-bond donors (Lipinski definition) is 0. The molecule has 0 spiro atoms. The van der Waals surface area contributed by atoms with E-state index in [2.05, 4.69) is 3.77 Å². The van der Waals surface area contributed by atoms with E-state index in [1.165, 1.54) is 30.5 Å². The van der Waals surface area contributed by atoms with Crippen molar-refractivity contribution in [2.24, 2.45) is 3.77 Å². The highest BCUT2D eigenvalue weighted by molar-refractivity contribution is 8.17. The smallest absolute Gasteiger partial charge is 0.244 e. The molecule has 1 aromatic rings. The van der Waals surface area contributed by atoms with Crippen molar-refractivity contribution in [2.45, 2.75) is 4.90 Å². The predicted octanol–water partition coefficient (Wildman–Crippen LogP) is 2.28. The zero-order valence-electron chi connectivity index (χ0n) is 7.55. The summed E-state index contributed by atoms with van der Waals surface area (Å²) in [7, 11) is -2.29. The average molecular weight is 288 g/mol. The van der Waals surface area contributed by atoms with Gasteiger partial charge in [-0.25, -0.2) is 4.21 Å². The van der Waals surface area contributed by atoms with Crippen LogP contribution in [-0.4, -0.2) is 18.9 Å². The molecule has 0 aromatic heterocycles. The lowest BCUT2D eigenvalue weighted by Crippen LogP contribution is -1.99. The fourth-order valence-corrected chi connectivity index (χ4v) is 4.34. The van der Waals surface area contributed by atoms with Crippen molar-refractivity contribution in [3.05, 3.63) is 29.3 Å². The van der Waals surface area contributed by atoms with Gasteiger partial charge in [-0.3, -0.25) is 0 Å². The number of halogens is 2. The van der Waals surface area contributed by atoms with E-state index in [1.807, 2.05) is 0 Å². The molecule has 84 valence electrons. The van der Waals surface area contributed by atoms with Crippen LogP contribution in [0.2, 0.25) is 5.02 Å². The summed E-state index contributed by atoms with van der Waals surface area (Å²) in [4.78, 5) is 0.260. The Labute approximate surface area is 97.9 Å². The molecule has 8 heteroatoms. The summed E-state index contributed by atoms with van der Waals surface area (Å²) in [5, 5.41) is 0.461. The topological polar surface area (TPSA) is 63.6 Å². The van der Waals surface area contributed by atoms with Crippen molar-refractivity contribution in [1.29, 1.82) is 0 Å². The van der Waals surface area contributed by atoms with Gasteiger partial charge in [0.15, 0.2) is 0 Å². The van der Waals surface area contributed by atoms with Crippen molar-refractivity contribution in [3.63, 3.8) is 0 Å². The molecular weight excluding hydrogens is 281 g/mol. The Balaban J connectivity index is 3.36. The quantitative estimate of drug-likeness (QED) is 0.784. The minimum Gasteiger partial charge on any atom is -0.244 e. The Morgan fingerprint density at radius 3 is 2.00 bits per heavy atom. The maximum Gasteiger partial charge on any atom is 0.347 e. The van der Waals surface area contributed by atoms with Crippen LogP contribution in [0.25, 0.3) is 0 Å². The number of hydrogen-bond acceptors (Lipinski definition) is 3. The molecule has 1 atom stereocenters. The van der Waals surface area contributed by atoms with Crippen LogP contribution in [0.15, 0.2) is 32.9 Å². The van der Waals surface area contributed by atoms with Crippen molar-refractivity contribution in [3.8, 4) is 0 Å². The summed E-state index contributed by atoms with van der Waals surface area (Å²) >= 11 is 5.63. The first-order chi connectivity index (χ1) is 6.71. The first-order valence-corrected chi connectivity index (χ1v) is 8.21. The van der Waals surface area contributed by atoms with Crippen LogP contribution in [0, 0.1) is 0 Å². The summed E-state index contributed by atoms with van der Waals surface area (Å²) < 4.78 is 36.3. The molecule has 0 heterocycles. The second kappa shape index (κ2) is 4.29. The highest BCUT2D eigenvalue weighted by Gasteiger charge is 2.11.